The summed E-state index contributed by atoms with van der Waals surface area (Å²) in [5.74, 6) is 1.25. The maximum atomic E-state index is 10.5. The highest BCUT2D eigenvalue weighted by molar-refractivity contribution is 5.50. The molecule has 0 saturated carbocycles. The number of hydrogen-bond donors (Lipinski definition) is 2. The second-order valence-electron chi connectivity index (χ2n) is 9.99. The number of ether oxygens (including phenoxy) is 5. The second-order valence-corrected chi connectivity index (χ2v) is 9.99. The molecule has 0 bridgehead atoms. The zero-order chi connectivity index (χ0) is 29.5. The van der Waals surface area contributed by atoms with Crippen molar-refractivity contribution in [2.45, 2.75) is 25.9 Å². The quantitative estimate of drug-likeness (QED) is 0.412. The lowest BCUT2D eigenvalue weighted by Gasteiger charge is -2.24. The Balaban J connectivity index is 1.64. The number of rotatable bonds is 10. The van der Waals surface area contributed by atoms with E-state index in [-0.39, 0.29) is 11.5 Å². The molecular weight excluding hydrogens is 524 g/mol. The van der Waals surface area contributed by atoms with Crippen LogP contribution in [0.1, 0.15) is 22.3 Å². The Morgan fingerprint density at radius 1 is 0.659 bits per heavy atom. The zero-order valence-electron chi connectivity index (χ0n) is 24.6. The van der Waals surface area contributed by atoms with E-state index in [1.54, 1.807) is 26.4 Å². The summed E-state index contributed by atoms with van der Waals surface area (Å²) in [6.07, 6.45) is 4.67. The van der Waals surface area contributed by atoms with Gasteiger partial charge >= 0.3 is 0 Å². The molecule has 0 aromatic heterocycles. The van der Waals surface area contributed by atoms with Crippen LogP contribution in [0.5, 0.6) is 23.0 Å². The summed E-state index contributed by atoms with van der Waals surface area (Å²) in [6, 6.07) is 7.76. The highest BCUT2D eigenvalue weighted by atomic mass is 16.5. The highest BCUT2D eigenvalue weighted by Crippen LogP contribution is 2.33. The lowest BCUT2D eigenvalue weighted by molar-refractivity contribution is 0.0310. The van der Waals surface area contributed by atoms with Crippen LogP contribution in [-0.4, -0.2) is 100 Å². The van der Waals surface area contributed by atoms with Crippen molar-refractivity contribution in [3.05, 3.63) is 71.8 Å². The van der Waals surface area contributed by atoms with Crippen molar-refractivity contribution in [3.63, 3.8) is 0 Å². The van der Waals surface area contributed by atoms with Crippen LogP contribution in [0.3, 0.4) is 0 Å². The first-order valence-corrected chi connectivity index (χ1v) is 14.2. The molecular formula is C32H46N2O7. The molecule has 9 nitrogen and oxygen atoms in total. The van der Waals surface area contributed by atoms with Crippen LogP contribution in [0.25, 0.3) is 0 Å². The molecule has 41 heavy (non-hydrogen) atoms. The van der Waals surface area contributed by atoms with E-state index in [1.165, 1.54) is 0 Å². The predicted molar refractivity (Wildman–Crippen MR) is 160 cm³/mol. The molecule has 2 N–H and O–H groups in total. The predicted octanol–water partition coefficient (Wildman–Crippen LogP) is 3.94. The summed E-state index contributed by atoms with van der Waals surface area (Å²) in [4.78, 5) is 4.57. The Labute approximate surface area is 244 Å². The number of hydrogen-bond acceptors (Lipinski definition) is 9. The summed E-state index contributed by atoms with van der Waals surface area (Å²) in [7, 11) is 3.12. The fourth-order valence-electron chi connectivity index (χ4n) is 4.83. The second kappa shape index (κ2) is 17.7. The molecule has 1 aliphatic heterocycles. The smallest absolute Gasteiger partial charge is 0.161 e. The zero-order valence-corrected chi connectivity index (χ0v) is 24.6. The summed E-state index contributed by atoms with van der Waals surface area (Å²) in [5.41, 5.74) is 3.67. The van der Waals surface area contributed by atoms with Gasteiger partial charge in [-0.3, -0.25) is 9.80 Å². The minimum atomic E-state index is 0.159. The number of aromatic hydroxyl groups is 2. The molecule has 1 heterocycles. The van der Waals surface area contributed by atoms with Gasteiger partial charge in [0, 0.05) is 50.4 Å². The molecule has 1 saturated heterocycles. The first kappa shape index (κ1) is 32.4. The van der Waals surface area contributed by atoms with Gasteiger partial charge in [-0.2, -0.15) is 0 Å². The standard InChI is InChI=1S/C32H46N2O7/c1-5-7-27-19-25(21-29(37-3)31(27)35)23-33-9-13-39-14-10-34(12-16-41-18-17-40-15-11-33)24-26-20-28(8-6-2)32(36)30(22-26)38-4/h5-6,19-22,35-36H,1-2,7-18,23-24H2,3-4H3. The van der Waals surface area contributed by atoms with Gasteiger partial charge in [-0.15, -0.1) is 13.2 Å². The Hall–Kier alpha value is -3.08. The van der Waals surface area contributed by atoms with E-state index in [1.807, 2.05) is 24.3 Å². The molecule has 0 unspecified atom stereocenters. The Morgan fingerprint density at radius 3 is 1.37 bits per heavy atom. The van der Waals surface area contributed by atoms with Crippen molar-refractivity contribution in [2.24, 2.45) is 0 Å². The molecule has 2 aromatic rings. The monoisotopic (exact) mass is 570 g/mol. The van der Waals surface area contributed by atoms with Crippen molar-refractivity contribution in [1.82, 2.24) is 9.80 Å². The molecule has 9 heteroatoms. The highest BCUT2D eigenvalue weighted by Gasteiger charge is 2.15. The van der Waals surface area contributed by atoms with Gasteiger partial charge in [0.05, 0.1) is 53.9 Å². The fraction of sp³-hybridized carbons (Fsp3) is 0.500. The molecule has 1 fully saturated rings. The topological polar surface area (TPSA) is 93.1 Å². The van der Waals surface area contributed by atoms with Gasteiger partial charge in [0.2, 0.25) is 0 Å². The molecule has 0 aliphatic carbocycles. The Kier molecular flexibility index (Phi) is 14.0. The van der Waals surface area contributed by atoms with E-state index in [9.17, 15) is 10.2 Å². The normalized spacial score (nSPS) is 16.8. The van der Waals surface area contributed by atoms with E-state index < -0.39 is 0 Å². The molecule has 0 amide bonds. The molecule has 226 valence electrons. The van der Waals surface area contributed by atoms with Crippen LogP contribution in [0, 0.1) is 0 Å². The van der Waals surface area contributed by atoms with E-state index in [4.69, 9.17) is 23.7 Å². The molecule has 0 radical (unpaired) electrons. The van der Waals surface area contributed by atoms with Crippen molar-refractivity contribution >= 4 is 0 Å². The van der Waals surface area contributed by atoms with Crippen molar-refractivity contribution < 1.29 is 33.9 Å². The maximum Gasteiger partial charge on any atom is 0.161 e. The molecule has 3 rings (SSSR count). The van der Waals surface area contributed by atoms with E-state index >= 15 is 0 Å². The van der Waals surface area contributed by atoms with Gasteiger partial charge in [0.15, 0.2) is 23.0 Å². The molecule has 0 atom stereocenters. The van der Waals surface area contributed by atoms with Crippen molar-refractivity contribution in [2.75, 3.05) is 80.0 Å². The van der Waals surface area contributed by atoms with Gasteiger partial charge in [0.1, 0.15) is 0 Å². The molecule has 2 aromatic carbocycles. The first-order valence-electron chi connectivity index (χ1n) is 14.2. The third-order valence-electron chi connectivity index (χ3n) is 6.99. The van der Waals surface area contributed by atoms with Crippen LogP contribution in [0.4, 0.5) is 0 Å². The minimum absolute atomic E-state index is 0.159. The van der Waals surface area contributed by atoms with E-state index in [0.717, 1.165) is 48.4 Å². The lowest BCUT2D eigenvalue weighted by atomic mass is 10.1. The first-order chi connectivity index (χ1) is 20.0. The maximum absolute atomic E-state index is 10.5. The summed E-state index contributed by atoms with van der Waals surface area (Å²) >= 11 is 0. The Morgan fingerprint density at radius 2 is 1.02 bits per heavy atom. The number of phenols is 2. The average molecular weight is 571 g/mol. The van der Waals surface area contributed by atoms with Crippen molar-refractivity contribution in [3.8, 4) is 23.0 Å². The number of nitrogens with zero attached hydrogens (tertiary/aromatic N) is 2. The largest absolute Gasteiger partial charge is 0.504 e. The molecule has 1 aliphatic rings. The van der Waals surface area contributed by atoms with Crippen molar-refractivity contribution in [1.29, 1.82) is 0 Å². The van der Waals surface area contributed by atoms with E-state index in [0.29, 0.717) is 77.1 Å². The fourth-order valence-corrected chi connectivity index (χ4v) is 4.83. The SMILES string of the molecule is C=CCc1cc(CN2CCOCCOCCN(Cc3cc(CC=C)c(O)c(OC)c3)CCOCC2)cc(OC)c1O. The lowest BCUT2D eigenvalue weighted by Crippen LogP contribution is -2.33. The third-order valence-corrected chi connectivity index (χ3v) is 6.99. The van der Waals surface area contributed by atoms with Crippen LogP contribution in [-0.2, 0) is 40.1 Å². The Bertz CT molecular complexity index is 1020. The van der Waals surface area contributed by atoms with Crippen LogP contribution in [0.2, 0.25) is 0 Å². The average Bonchev–Trinajstić information content (AvgIpc) is 2.97. The number of benzene rings is 2. The van der Waals surface area contributed by atoms with Crippen LogP contribution >= 0.6 is 0 Å². The van der Waals surface area contributed by atoms with Crippen LogP contribution < -0.4 is 9.47 Å². The number of phenolic OH excluding ortho intramolecular Hbond substituents is 2. The third kappa shape index (κ3) is 10.4. The van der Waals surface area contributed by atoms with E-state index in [2.05, 4.69) is 23.0 Å². The summed E-state index contributed by atoms with van der Waals surface area (Å²) in [6.45, 7) is 15.3. The van der Waals surface area contributed by atoms with Gasteiger partial charge in [-0.05, 0) is 36.1 Å². The molecule has 0 spiro atoms. The van der Waals surface area contributed by atoms with Gasteiger partial charge in [-0.1, -0.05) is 24.3 Å². The van der Waals surface area contributed by atoms with Gasteiger partial charge in [-0.25, -0.2) is 0 Å². The minimum Gasteiger partial charge on any atom is -0.504 e. The van der Waals surface area contributed by atoms with Crippen LogP contribution in [0.15, 0.2) is 49.6 Å². The number of allylic oxidation sites excluding steroid dienone is 2. The summed E-state index contributed by atoms with van der Waals surface area (Å²) in [5, 5.41) is 20.9. The van der Waals surface area contributed by atoms with Gasteiger partial charge in [0.25, 0.3) is 0 Å². The van der Waals surface area contributed by atoms with Gasteiger partial charge < -0.3 is 33.9 Å². The number of methoxy groups -OCH3 is 2. The summed E-state index contributed by atoms with van der Waals surface area (Å²) < 4.78 is 28.6.